The molecule has 1 saturated heterocycles. The van der Waals surface area contributed by atoms with Crippen molar-refractivity contribution in [1.82, 2.24) is 10.3 Å². The second-order valence-electron chi connectivity index (χ2n) is 5.45. The lowest BCUT2D eigenvalue weighted by atomic mass is 9.88. The molecule has 1 aliphatic heterocycles. The third-order valence-electron chi connectivity index (χ3n) is 4.11. The van der Waals surface area contributed by atoms with Gasteiger partial charge in [-0.1, -0.05) is 31.2 Å². The topological polar surface area (TPSA) is 34.1 Å². The highest BCUT2D eigenvalue weighted by Crippen LogP contribution is 2.36. The van der Waals surface area contributed by atoms with E-state index in [2.05, 4.69) is 41.5 Å². The predicted octanol–water partition coefficient (Wildman–Crippen LogP) is 3.31. The van der Waals surface area contributed by atoms with Crippen molar-refractivity contribution >= 4 is 10.8 Å². The average Bonchev–Trinajstić information content (AvgIpc) is 2.53. The van der Waals surface area contributed by atoms with Gasteiger partial charge in [0.15, 0.2) is 0 Å². The number of fused-ring (bicyclic) bond motifs is 1. The lowest BCUT2D eigenvalue weighted by Crippen LogP contribution is -2.32. The molecule has 2 heterocycles. The predicted molar refractivity (Wildman–Crippen MR) is 81.7 cm³/mol. The van der Waals surface area contributed by atoms with Crippen LogP contribution in [0.1, 0.15) is 31.4 Å². The maximum absolute atomic E-state index is 6.10. The Balaban J connectivity index is 1.95. The Morgan fingerprint density at radius 1 is 1.30 bits per heavy atom. The first kappa shape index (κ1) is 13.5. The number of nitrogens with zero attached hydrogens (tertiary/aromatic N) is 1. The molecule has 0 radical (unpaired) electrons. The first-order valence-electron chi connectivity index (χ1n) is 7.55. The molecule has 1 aliphatic rings. The molecule has 2 atom stereocenters. The molecule has 0 bridgehead atoms. The summed E-state index contributed by atoms with van der Waals surface area (Å²) in [6.45, 7) is 5.04. The highest BCUT2D eigenvalue weighted by Gasteiger charge is 2.28. The summed E-state index contributed by atoms with van der Waals surface area (Å²) in [6.07, 6.45) is 6.46. The molecule has 2 unspecified atom stereocenters. The summed E-state index contributed by atoms with van der Waals surface area (Å²) in [5, 5.41) is 5.94. The fourth-order valence-corrected chi connectivity index (χ4v) is 3.09. The minimum Gasteiger partial charge on any atom is -0.373 e. The molecular formula is C17H22N2O. The van der Waals surface area contributed by atoms with Gasteiger partial charge in [0.25, 0.3) is 0 Å². The molecule has 1 aromatic carbocycles. The van der Waals surface area contributed by atoms with Crippen molar-refractivity contribution in [2.45, 2.75) is 25.9 Å². The second-order valence-corrected chi connectivity index (χ2v) is 5.45. The largest absolute Gasteiger partial charge is 0.373 e. The summed E-state index contributed by atoms with van der Waals surface area (Å²) in [7, 11) is 0. The Morgan fingerprint density at radius 3 is 3.10 bits per heavy atom. The normalized spacial score (nSPS) is 23.1. The van der Waals surface area contributed by atoms with Crippen LogP contribution in [0.3, 0.4) is 0 Å². The summed E-state index contributed by atoms with van der Waals surface area (Å²) >= 11 is 0. The van der Waals surface area contributed by atoms with Gasteiger partial charge in [-0.2, -0.15) is 0 Å². The van der Waals surface area contributed by atoms with Crippen molar-refractivity contribution in [3.63, 3.8) is 0 Å². The summed E-state index contributed by atoms with van der Waals surface area (Å²) in [6, 6.07) is 8.45. The number of pyridine rings is 1. The van der Waals surface area contributed by atoms with Crippen molar-refractivity contribution in [1.29, 1.82) is 0 Å². The lowest BCUT2D eigenvalue weighted by molar-refractivity contribution is -0.0269. The van der Waals surface area contributed by atoms with Gasteiger partial charge in [-0.25, -0.2) is 0 Å². The van der Waals surface area contributed by atoms with E-state index in [9.17, 15) is 0 Å². The van der Waals surface area contributed by atoms with E-state index >= 15 is 0 Å². The van der Waals surface area contributed by atoms with Crippen LogP contribution >= 0.6 is 0 Å². The molecule has 20 heavy (non-hydrogen) atoms. The minimum absolute atomic E-state index is 0.168. The molecule has 3 nitrogen and oxygen atoms in total. The van der Waals surface area contributed by atoms with Gasteiger partial charge in [0.2, 0.25) is 0 Å². The molecule has 3 heteroatoms. The summed E-state index contributed by atoms with van der Waals surface area (Å²) in [4.78, 5) is 4.40. The van der Waals surface area contributed by atoms with Gasteiger partial charge in [0.1, 0.15) is 0 Å². The van der Waals surface area contributed by atoms with Gasteiger partial charge in [-0.15, -0.1) is 0 Å². The van der Waals surface area contributed by atoms with E-state index in [0.717, 1.165) is 26.1 Å². The summed E-state index contributed by atoms with van der Waals surface area (Å²) in [5.74, 6) is 0.538. The third kappa shape index (κ3) is 2.69. The van der Waals surface area contributed by atoms with Crippen molar-refractivity contribution < 1.29 is 4.74 Å². The monoisotopic (exact) mass is 270 g/mol. The standard InChI is InChI=1S/C17H22N2O/c1-2-18-11-14-7-5-9-20-17(14)16-12-19-10-13-6-3-4-8-15(13)16/h3-4,6,8,10,12,14,17-18H,2,5,7,9,11H2,1H3. The maximum Gasteiger partial charge on any atom is 0.0886 e. The molecule has 1 N–H and O–H groups in total. The van der Waals surface area contributed by atoms with E-state index in [1.807, 2.05) is 12.4 Å². The number of rotatable bonds is 4. The van der Waals surface area contributed by atoms with E-state index in [-0.39, 0.29) is 6.10 Å². The van der Waals surface area contributed by atoms with Crippen LogP contribution in [0.25, 0.3) is 10.8 Å². The van der Waals surface area contributed by atoms with E-state index in [0.29, 0.717) is 5.92 Å². The second kappa shape index (κ2) is 6.33. The Hall–Kier alpha value is -1.45. The number of nitrogens with one attached hydrogen (secondary N) is 1. The van der Waals surface area contributed by atoms with Crippen molar-refractivity contribution in [3.05, 3.63) is 42.2 Å². The van der Waals surface area contributed by atoms with E-state index in [1.54, 1.807) is 0 Å². The quantitative estimate of drug-likeness (QED) is 0.925. The Bertz CT molecular complexity index is 564. The highest BCUT2D eigenvalue weighted by atomic mass is 16.5. The number of hydrogen-bond acceptors (Lipinski definition) is 3. The van der Waals surface area contributed by atoms with Crippen LogP contribution in [0, 0.1) is 5.92 Å². The molecule has 1 aromatic heterocycles. The number of aromatic nitrogens is 1. The molecule has 1 fully saturated rings. The summed E-state index contributed by atoms with van der Waals surface area (Å²) in [5.41, 5.74) is 1.24. The summed E-state index contributed by atoms with van der Waals surface area (Å²) < 4.78 is 6.10. The van der Waals surface area contributed by atoms with Gasteiger partial charge < -0.3 is 10.1 Å². The fraction of sp³-hybridized carbons (Fsp3) is 0.471. The Kier molecular flexibility index (Phi) is 4.28. The van der Waals surface area contributed by atoms with Crippen molar-refractivity contribution in [2.75, 3.05) is 19.7 Å². The van der Waals surface area contributed by atoms with Crippen LogP contribution in [0.2, 0.25) is 0 Å². The maximum atomic E-state index is 6.10. The highest BCUT2D eigenvalue weighted by molar-refractivity contribution is 5.85. The van der Waals surface area contributed by atoms with Crippen LogP contribution in [0.4, 0.5) is 0 Å². The Labute approximate surface area is 120 Å². The zero-order chi connectivity index (χ0) is 13.8. The van der Waals surface area contributed by atoms with Crippen LogP contribution in [-0.4, -0.2) is 24.7 Å². The van der Waals surface area contributed by atoms with Crippen LogP contribution in [-0.2, 0) is 4.74 Å². The van der Waals surface area contributed by atoms with Crippen LogP contribution in [0.5, 0.6) is 0 Å². The van der Waals surface area contributed by atoms with Gasteiger partial charge >= 0.3 is 0 Å². The molecule has 0 spiro atoms. The first-order chi connectivity index (χ1) is 9.90. The zero-order valence-corrected chi connectivity index (χ0v) is 12.0. The third-order valence-corrected chi connectivity index (χ3v) is 4.11. The number of ether oxygens (including phenoxy) is 1. The van der Waals surface area contributed by atoms with Gasteiger partial charge in [0, 0.05) is 42.4 Å². The van der Waals surface area contributed by atoms with Gasteiger partial charge in [0.05, 0.1) is 6.10 Å². The average molecular weight is 270 g/mol. The minimum atomic E-state index is 0.168. The van der Waals surface area contributed by atoms with E-state index in [4.69, 9.17) is 4.74 Å². The van der Waals surface area contributed by atoms with Crippen molar-refractivity contribution in [3.8, 4) is 0 Å². The smallest absolute Gasteiger partial charge is 0.0886 e. The van der Waals surface area contributed by atoms with E-state index in [1.165, 1.54) is 22.8 Å². The molecular weight excluding hydrogens is 248 g/mol. The molecule has 3 rings (SSSR count). The SMILES string of the molecule is CCNCC1CCCOC1c1cncc2ccccc12. The molecule has 0 amide bonds. The van der Waals surface area contributed by atoms with Crippen molar-refractivity contribution in [2.24, 2.45) is 5.92 Å². The number of benzene rings is 1. The molecule has 0 saturated carbocycles. The zero-order valence-electron chi connectivity index (χ0n) is 12.0. The molecule has 106 valence electrons. The fourth-order valence-electron chi connectivity index (χ4n) is 3.09. The van der Waals surface area contributed by atoms with E-state index < -0.39 is 0 Å². The first-order valence-corrected chi connectivity index (χ1v) is 7.55. The lowest BCUT2D eigenvalue weighted by Gasteiger charge is -2.32. The Morgan fingerprint density at radius 2 is 2.20 bits per heavy atom. The van der Waals surface area contributed by atoms with Gasteiger partial charge in [-0.05, 0) is 24.8 Å². The number of hydrogen-bond donors (Lipinski definition) is 1. The molecule has 2 aromatic rings. The van der Waals surface area contributed by atoms with Gasteiger partial charge in [-0.3, -0.25) is 4.98 Å². The molecule has 0 aliphatic carbocycles. The van der Waals surface area contributed by atoms with Crippen LogP contribution in [0.15, 0.2) is 36.7 Å². The van der Waals surface area contributed by atoms with Crippen LogP contribution < -0.4 is 5.32 Å².